The molecule has 0 amide bonds. The number of carbonyl (C=O) groups is 1. The van der Waals surface area contributed by atoms with Gasteiger partial charge in [0.05, 0.1) is 7.11 Å². The summed E-state index contributed by atoms with van der Waals surface area (Å²) in [6.07, 6.45) is 0. The Morgan fingerprint density at radius 1 is 1.33 bits per heavy atom. The molecule has 0 saturated carbocycles. The first-order valence-corrected chi connectivity index (χ1v) is 7.28. The number of halogens is 1. The number of methoxy groups -OCH3 is 1. The minimum Gasteiger partial charge on any atom is -0.468 e. The standard InChI is InChI=1S/C11H14ClNO4S/c1-17-11(14)8-13(18(15,16)9-12)7-10-5-3-2-4-6-10/h2-6H,7-9H2,1H3. The zero-order valence-electron chi connectivity index (χ0n) is 9.87. The first-order valence-electron chi connectivity index (χ1n) is 5.14. The number of ether oxygens (including phenoxy) is 1. The Balaban J connectivity index is 2.88. The van der Waals surface area contributed by atoms with Crippen LogP contribution in [0, 0.1) is 0 Å². The van der Waals surface area contributed by atoms with Crippen LogP contribution in [0.1, 0.15) is 5.56 Å². The van der Waals surface area contributed by atoms with Gasteiger partial charge in [0.2, 0.25) is 10.0 Å². The molecule has 0 spiro atoms. The average molecular weight is 292 g/mol. The smallest absolute Gasteiger partial charge is 0.321 e. The first-order chi connectivity index (χ1) is 8.49. The summed E-state index contributed by atoms with van der Waals surface area (Å²) in [5, 5.41) is -0.573. The summed E-state index contributed by atoms with van der Waals surface area (Å²) in [6, 6.07) is 8.95. The fourth-order valence-corrected chi connectivity index (χ4v) is 2.52. The van der Waals surface area contributed by atoms with Gasteiger partial charge in [0.1, 0.15) is 11.8 Å². The molecule has 0 saturated heterocycles. The van der Waals surface area contributed by atoms with E-state index >= 15 is 0 Å². The Morgan fingerprint density at radius 2 is 1.94 bits per heavy atom. The lowest BCUT2D eigenvalue weighted by molar-refractivity contribution is -0.140. The summed E-state index contributed by atoms with van der Waals surface area (Å²) in [4.78, 5) is 11.2. The van der Waals surface area contributed by atoms with E-state index in [1.165, 1.54) is 7.11 Å². The molecular weight excluding hydrogens is 278 g/mol. The van der Waals surface area contributed by atoms with Gasteiger partial charge in [-0.25, -0.2) is 8.42 Å². The SMILES string of the molecule is COC(=O)CN(Cc1ccccc1)S(=O)(=O)CCl. The highest BCUT2D eigenvalue weighted by Gasteiger charge is 2.24. The lowest BCUT2D eigenvalue weighted by Crippen LogP contribution is -2.36. The molecule has 0 aromatic heterocycles. The number of alkyl halides is 1. The summed E-state index contributed by atoms with van der Waals surface area (Å²) < 4.78 is 29.0. The first kappa shape index (κ1) is 14.9. The molecule has 5 nitrogen and oxygen atoms in total. The summed E-state index contributed by atoms with van der Waals surface area (Å²) in [7, 11) is -2.46. The summed E-state index contributed by atoms with van der Waals surface area (Å²) in [5.74, 6) is -0.625. The lowest BCUT2D eigenvalue weighted by Gasteiger charge is -2.19. The Labute approximate surface area is 111 Å². The molecule has 0 aliphatic heterocycles. The predicted molar refractivity (Wildman–Crippen MR) is 68.5 cm³/mol. The van der Waals surface area contributed by atoms with Crippen molar-refractivity contribution in [1.29, 1.82) is 0 Å². The van der Waals surface area contributed by atoms with Crippen molar-refractivity contribution in [1.82, 2.24) is 4.31 Å². The van der Waals surface area contributed by atoms with E-state index in [2.05, 4.69) is 4.74 Å². The van der Waals surface area contributed by atoms with Crippen LogP contribution in [0.25, 0.3) is 0 Å². The number of rotatable bonds is 6. The van der Waals surface area contributed by atoms with Crippen LogP contribution in [0.15, 0.2) is 30.3 Å². The van der Waals surface area contributed by atoms with Gasteiger partial charge in [-0.2, -0.15) is 4.31 Å². The summed E-state index contributed by atoms with van der Waals surface area (Å²) in [6.45, 7) is -0.258. The van der Waals surface area contributed by atoms with Crippen LogP contribution < -0.4 is 0 Å². The van der Waals surface area contributed by atoms with E-state index in [4.69, 9.17) is 11.6 Å². The van der Waals surface area contributed by atoms with Gasteiger partial charge in [-0.05, 0) is 5.56 Å². The quantitative estimate of drug-likeness (QED) is 0.583. The van der Waals surface area contributed by atoms with Crippen LogP contribution in [0.5, 0.6) is 0 Å². The maximum atomic E-state index is 11.7. The van der Waals surface area contributed by atoms with Crippen molar-refractivity contribution in [3.8, 4) is 0 Å². The molecular formula is C11H14ClNO4S. The molecule has 100 valence electrons. The third-order valence-corrected chi connectivity index (χ3v) is 4.41. The van der Waals surface area contributed by atoms with Gasteiger partial charge in [-0.3, -0.25) is 4.79 Å². The van der Waals surface area contributed by atoms with Gasteiger partial charge >= 0.3 is 5.97 Å². The monoisotopic (exact) mass is 291 g/mol. The number of esters is 1. The van der Waals surface area contributed by atoms with Crippen molar-refractivity contribution in [3.05, 3.63) is 35.9 Å². The molecule has 0 N–H and O–H groups in total. The average Bonchev–Trinajstić information content (AvgIpc) is 2.39. The molecule has 0 aliphatic rings. The predicted octanol–water partition coefficient (Wildman–Crippen LogP) is 1.19. The molecule has 0 bridgehead atoms. The molecule has 0 fully saturated rings. The van der Waals surface area contributed by atoms with E-state index in [1.54, 1.807) is 24.3 Å². The highest BCUT2D eigenvalue weighted by atomic mass is 35.5. The normalized spacial score (nSPS) is 11.5. The number of benzene rings is 1. The number of nitrogens with zero attached hydrogens (tertiary/aromatic N) is 1. The second-order valence-electron chi connectivity index (χ2n) is 3.55. The number of hydrogen-bond donors (Lipinski definition) is 0. The Kier molecular flexibility index (Phi) is 5.58. The topological polar surface area (TPSA) is 63.7 Å². The van der Waals surface area contributed by atoms with Crippen molar-refractivity contribution in [2.45, 2.75) is 6.54 Å². The Bertz CT molecular complexity index is 489. The highest BCUT2D eigenvalue weighted by molar-refractivity contribution is 7.90. The van der Waals surface area contributed by atoms with Crippen LogP contribution >= 0.6 is 11.6 Å². The maximum absolute atomic E-state index is 11.7. The molecule has 1 rings (SSSR count). The second kappa shape index (κ2) is 6.72. The largest absolute Gasteiger partial charge is 0.468 e. The van der Waals surface area contributed by atoms with Crippen molar-refractivity contribution < 1.29 is 17.9 Å². The lowest BCUT2D eigenvalue weighted by atomic mass is 10.2. The van der Waals surface area contributed by atoms with E-state index in [9.17, 15) is 13.2 Å². The second-order valence-corrected chi connectivity index (χ2v) is 6.10. The zero-order chi connectivity index (χ0) is 13.6. The van der Waals surface area contributed by atoms with E-state index in [-0.39, 0.29) is 13.1 Å². The van der Waals surface area contributed by atoms with Gasteiger partial charge in [-0.15, -0.1) is 11.6 Å². The number of sulfonamides is 1. The number of hydrogen-bond acceptors (Lipinski definition) is 4. The van der Waals surface area contributed by atoms with Crippen molar-refractivity contribution in [3.63, 3.8) is 0 Å². The molecule has 0 unspecified atom stereocenters. The van der Waals surface area contributed by atoms with Gasteiger partial charge in [0, 0.05) is 6.54 Å². The third kappa shape index (κ3) is 4.29. The summed E-state index contributed by atoms with van der Waals surface area (Å²) in [5.41, 5.74) is 0.773. The molecule has 0 atom stereocenters. The van der Waals surface area contributed by atoms with Gasteiger partial charge < -0.3 is 4.74 Å². The van der Waals surface area contributed by atoms with Crippen molar-refractivity contribution >= 4 is 27.6 Å². The Morgan fingerprint density at radius 3 is 2.44 bits per heavy atom. The zero-order valence-corrected chi connectivity index (χ0v) is 11.4. The molecule has 7 heteroatoms. The molecule has 0 radical (unpaired) electrons. The fraction of sp³-hybridized carbons (Fsp3) is 0.364. The van der Waals surface area contributed by atoms with E-state index in [0.717, 1.165) is 9.87 Å². The van der Waals surface area contributed by atoms with E-state index < -0.39 is 21.2 Å². The van der Waals surface area contributed by atoms with Crippen molar-refractivity contribution in [2.75, 3.05) is 18.9 Å². The van der Waals surface area contributed by atoms with Crippen LogP contribution in [-0.4, -0.2) is 37.6 Å². The minimum atomic E-state index is -3.67. The molecule has 0 heterocycles. The molecule has 0 aliphatic carbocycles. The van der Waals surface area contributed by atoms with E-state index in [0.29, 0.717) is 0 Å². The third-order valence-electron chi connectivity index (χ3n) is 2.27. The van der Waals surface area contributed by atoms with Crippen LogP contribution in [0.3, 0.4) is 0 Å². The van der Waals surface area contributed by atoms with E-state index in [1.807, 2.05) is 6.07 Å². The Hall–Kier alpha value is -1.11. The summed E-state index contributed by atoms with van der Waals surface area (Å²) >= 11 is 5.40. The molecule has 1 aromatic carbocycles. The van der Waals surface area contributed by atoms with Gasteiger partial charge in [0.25, 0.3) is 0 Å². The molecule has 18 heavy (non-hydrogen) atoms. The van der Waals surface area contributed by atoms with Gasteiger partial charge in [-0.1, -0.05) is 30.3 Å². The van der Waals surface area contributed by atoms with Gasteiger partial charge in [0.15, 0.2) is 0 Å². The fourth-order valence-electron chi connectivity index (χ4n) is 1.32. The minimum absolute atomic E-state index is 0.0883. The highest BCUT2D eigenvalue weighted by Crippen LogP contribution is 2.11. The van der Waals surface area contributed by atoms with Crippen molar-refractivity contribution in [2.24, 2.45) is 0 Å². The molecule has 1 aromatic rings. The van der Waals surface area contributed by atoms with Crippen LogP contribution in [0.4, 0.5) is 0 Å². The maximum Gasteiger partial charge on any atom is 0.321 e. The van der Waals surface area contributed by atoms with Crippen LogP contribution in [0.2, 0.25) is 0 Å². The van der Waals surface area contributed by atoms with Crippen LogP contribution in [-0.2, 0) is 26.1 Å². The number of carbonyl (C=O) groups excluding carboxylic acids is 1.